The number of aromatic nitrogens is 2. The largest absolute Gasteiger partial charge is 0.377 e. The van der Waals surface area contributed by atoms with Crippen LogP contribution >= 0.6 is 11.3 Å². The number of rotatable bonds is 5. The molecule has 5 heteroatoms. The fourth-order valence-corrected chi connectivity index (χ4v) is 3.05. The van der Waals surface area contributed by atoms with Crippen molar-refractivity contribution < 1.29 is 4.74 Å². The Morgan fingerprint density at radius 3 is 3.06 bits per heavy atom. The second-order valence-electron chi connectivity index (χ2n) is 4.03. The van der Waals surface area contributed by atoms with Gasteiger partial charge in [-0.2, -0.15) is 0 Å². The number of nitrogens with one attached hydrogen (secondary N) is 1. The van der Waals surface area contributed by atoms with Crippen molar-refractivity contribution in [2.75, 3.05) is 13.2 Å². The molecule has 1 aliphatic rings. The van der Waals surface area contributed by atoms with Gasteiger partial charge >= 0.3 is 0 Å². The Balaban J connectivity index is 2.00. The Morgan fingerprint density at radius 2 is 2.31 bits per heavy atom. The van der Waals surface area contributed by atoms with Crippen molar-refractivity contribution >= 4 is 11.3 Å². The van der Waals surface area contributed by atoms with E-state index in [-0.39, 0.29) is 0 Å². The van der Waals surface area contributed by atoms with E-state index in [1.165, 1.54) is 0 Å². The van der Waals surface area contributed by atoms with Gasteiger partial charge in [0.05, 0.1) is 6.10 Å². The molecule has 0 aromatic carbocycles. The lowest BCUT2D eigenvalue weighted by Crippen LogP contribution is -2.12. The third kappa shape index (κ3) is 2.59. The van der Waals surface area contributed by atoms with Gasteiger partial charge in [-0.1, -0.05) is 25.2 Å². The van der Waals surface area contributed by atoms with Crippen molar-refractivity contribution in [2.45, 2.75) is 45.3 Å². The van der Waals surface area contributed by atoms with Crippen molar-refractivity contribution in [1.29, 1.82) is 0 Å². The van der Waals surface area contributed by atoms with Crippen LogP contribution < -0.4 is 5.32 Å². The first-order valence-electron chi connectivity index (χ1n) is 5.99. The van der Waals surface area contributed by atoms with Crippen LogP contribution in [0, 0.1) is 0 Å². The van der Waals surface area contributed by atoms with Gasteiger partial charge in [0.25, 0.3) is 0 Å². The van der Waals surface area contributed by atoms with E-state index in [9.17, 15) is 0 Å². The summed E-state index contributed by atoms with van der Waals surface area (Å²) in [5.41, 5.74) is 0. The summed E-state index contributed by atoms with van der Waals surface area (Å²) < 4.78 is 5.68. The summed E-state index contributed by atoms with van der Waals surface area (Å²) in [5.74, 6) is 0.470. The molecule has 0 radical (unpaired) electrons. The molecule has 0 spiro atoms. The molecule has 1 saturated heterocycles. The summed E-state index contributed by atoms with van der Waals surface area (Å²) in [7, 11) is 0. The van der Waals surface area contributed by atoms with Gasteiger partial charge in [0, 0.05) is 19.1 Å². The minimum absolute atomic E-state index is 0.347. The highest BCUT2D eigenvalue weighted by molar-refractivity contribution is 7.11. The summed E-state index contributed by atoms with van der Waals surface area (Å²) in [6.07, 6.45) is 2.50. The van der Waals surface area contributed by atoms with Crippen LogP contribution in [-0.2, 0) is 11.3 Å². The third-order valence-corrected chi connectivity index (χ3v) is 3.99. The average molecular weight is 241 g/mol. The lowest BCUT2D eigenvalue weighted by Gasteiger charge is -2.12. The van der Waals surface area contributed by atoms with Crippen molar-refractivity contribution in [3.63, 3.8) is 0 Å². The standard InChI is InChI=1S/C11H19N3OS/c1-3-9-8(5-6-15-9)11-14-13-10(16-11)7-12-4-2/h8-9,12H,3-7H2,1-2H3. The number of ether oxygens (including phenoxy) is 1. The van der Waals surface area contributed by atoms with Crippen LogP contribution in [0.2, 0.25) is 0 Å². The maximum Gasteiger partial charge on any atom is 0.131 e. The van der Waals surface area contributed by atoms with Crippen LogP contribution in [-0.4, -0.2) is 29.5 Å². The summed E-state index contributed by atoms with van der Waals surface area (Å²) in [4.78, 5) is 0. The van der Waals surface area contributed by atoms with E-state index in [0.717, 1.165) is 42.6 Å². The summed E-state index contributed by atoms with van der Waals surface area (Å²) in [6.45, 7) is 6.94. The molecule has 2 rings (SSSR count). The van der Waals surface area contributed by atoms with Crippen molar-refractivity contribution in [3.8, 4) is 0 Å². The van der Waals surface area contributed by atoms with Crippen LogP contribution in [0.5, 0.6) is 0 Å². The first-order valence-corrected chi connectivity index (χ1v) is 6.81. The molecule has 0 amide bonds. The van der Waals surface area contributed by atoms with Gasteiger partial charge in [0.15, 0.2) is 0 Å². The Labute approximate surface area is 100 Å². The lowest BCUT2D eigenvalue weighted by atomic mass is 10.0. The third-order valence-electron chi connectivity index (χ3n) is 2.94. The monoisotopic (exact) mass is 241 g/mol. The summed E-state index contributed by atoms with van der Waals surface area (Å²) >= 11 is 1.72. The molecule has 1 aliphatic heterocycles. The molecule has 1 aromatic rings. The fraction of sp³-hybridized carbons (Fsp3) is 0.818. The molecule has 90 valence electrons. The second-order valence-corrected chi connectivity index (χ2v) is 5.12. The summed E-state index contributed by atoms with van der Waals surface area (Å²) in [6, 6.07) is 0. The van der Waals surface area contributed by atoms with Crippen molar-refractivity contribution in [3.05, 3.63) is 10.0 Å². The van der Waals surface area contributed by atoms with Crippen LogP contribution in [0.4, 0.5) is 0 Å². The Morgan fingerprint density at radius 1 is 1.44 bits per heavy atom. The van der Waals surface area contributed by atoms with Gasteiger partial charge in [-0.05, 0) is 19.4 Å². The molecule has 1 N–H and O–H groups in total. The molecule has 2 atom stereocenters. The van der Waals surface area contributed by atoms with Gasteiger partial charge < -0.3 is 10.1 Å². The first-order chi connectivity index (χ1) is 7.85. The minimum atomic E-state index is 0.347. The molecule has 0 saturated carbocycles. The van der Waals surface area contributed by atoms with E-state index in [1.807, 2.05) is 0 Å². The Bertz CT molecular complexity index is 329. The number of hydrogen-bond acceptors (Lipinski definition) is 5. The zero-order chi connectivity index (χ0) is 11.4. The highest BCUT2D eigenvalue weighted by Crippen LogP contribution is 2.34. The van der Waals surface area contributed by atoms with E-state index >= 15 is 0 Å². The molecular formula is C11H19N3OS. The molecule has 2 heterocycles. The zero-order valence-electron chi connectivity index (χ0n) is 9.90. The zero-order valence-corrected chi connectivity index (χ0v) is 10.7. The van der Waals surface area contributed by atoms with Gasteiger partial charge in [0.1, 0.15) is 10.0 Å². The minimum Gasteiger partial charge on any atom is -0.377 e. The smallest absolute Gasteiger partial charge is 0.131 e. The predicted molar refractivity (Wildman–Crippen MR) is 64.7 cm³/mol. The molecular weight excluding hydrogens is 222 g/mol. The molecule has 1 fully saturated rings. The molecule has 2 unspecified atom stereocenters. The highest BCUT2D eigenvalue weighted by atomic mass is 32.1. The van der Waals surface area contributed by atoms with Crippen LogP contribution in [0.3, 0.4) is 0 Å². The van der Waals surface area contributed by atoms with Crippen LogP contribution in [0.1, 0.15) is 42.6 Å². The van der Waals surface area contributed by atoms with Gasteiger partial charge in [-0.15, -0.1) is 10.2 Å². The number of nitrogens with zero attached hydrogens (tertiary/aromatic N) is 2. The van der Waals surface area contributed by atoms with Gasteiger partial charge in [-0.3, -0.25) is 0 Å². The Kier molecular flexibility index (Phi) is 4.26. The SMILES string of the molecule is CCNCc1nnc(C2CCOC2CC)s1. The van der Waals surface area contributed by atoms with E-state index < -0.39 is 0 Å². The van der Waals surface area contributed by atoms with Crippen molar-refractivity contribution in [1.82, 2.24) is 15.5 Å². The van der Waals surface area contributed by atoms with Gasteiger partial charge in [-0.25, -0.2) is 0 Å². The molecule has 1 aromatic heterocycles. The highest BCUT2D eigenvalue weighted by Gasteiger charge is 2.30. The van der Waals surface area contributed by atoms with E-state index in [4.69, 9.17) is 4.74 Å². The van der Waals surface area contributed by atoms with E-state index in [0.29, 0.717) is 12.0 Å². The molecule has 0 aliphatic carbocycles. The van der Waals surface area contributed by atoms with E-state index in [1.54, 1.807) is 11.3 Å². The van der Waals surface area contributed by atoms with Crippen molar-refractivity contribution in [2.24, 2.45) is 0 Å². The topological polar surface area (TPSA) is 47.0 Å². The molecule has 4 nitrogen and oxygen atoms in total. The quantitative estimate of drug-likeness (QED) is 0.855. The average Bonchev–Trinajstić information content (AvgIpc) is 2.94. The predicted octanol–water partition coefficient (Wildman–Crippen LogP) is 1.93. The first kappa shape index (κ1) is 12.0. The normalized spacial score (nSPS) is 25.1. The van der Waals surface area contributed by atoms with Gasteiger partial charge in [0.2, 0.25) is 0 Å². The van der Waals surface area contributed by atoms with Crippen LogP contribution in [0.25, 0.3) is 0 Å². The second kappa shape index (κ2) is 5.70. The number of hydrogen-bond donors (Lipinski definition) is 1. The van der Waals surface area contributed by atoms with E-state index in [2.05, 4.69) is 29.4 Å². The lowest BCUT2D eigenvalue weighted by molar-refractivity contribution is 0.100. The fourth-order valence-electron chi connectivity index (χ4n) is 2.05. The van der Waals surface area contributed by atoms with Crippen LogP contribution in [0.15, 0.2) is 0 Å². The summed E-state index contributed by atoms with van der Waals surface area (Å²) in [5, 5.41) is 14.0. The maximum absolute atomic E-state index is 5.68. The Hall–Kier alpha value is -0.520. The molecule has 16 heavy (non-hydrogen) atoms. The maximum atomic E-state index is 5.68. The molecule has 0 bridgehead atoms.